The van der Waals surface area contributed by atoms with Gasteiger partial charge in [-0.2, -0.15) is 0 Å². The molecule has 25 nitrogen and oxygen atoms in total. The average Bonchev–Trinajstić information content (AvgIpc) is 3.36. The van der Waals surface area contributed by atoms with E-state index in [1.165, 1.54) is 6.92 Å². The summed E-state index contributed by atoms with van der Waals surface area (Å²) in [6.45, 7) is 11.4. The number of amides is 6. The number of aliphatic carboxylic acids is 1. The van der Waals surface area contributed by atoms with Crippen molar-refractivity contribution in [2.24, 2.45) is 5.92 Å². The number of benzene rings is 1. The van der Waals surface area contributed by atoms with Crippen LogP contribution in [0.1, 0.15) is 45.6 Å². The Labute approximate surface area is 422 Å². The predicted octanol–water partition coefficient (Wildman–Crippen LogP) is -0.674. The first-order chi connectivity index (χ1) is 34.8. The monoisotopic (exact) mass is 1030 g/mol. The van der Waals surface area contributed by atoms with Gasteiger partial charge in [0.15, 0.2) is 0 Å². The largest absolute Gasteiger partial charge is 0.480 e. The Bertz CT molecular complexity index is 1620. The molecule has 7 N–H and O–H groups in total. The molecule has 0 aliphatic heterocycles. The molecule has 1 aromatic carbocycles. The molecule has 0 radical (unpaired) electrons. The Balaban J connectivity index is 2.18. The summed E-state index contributed by atoms with van der Waals surface area (Å²) < 4.78 is 59.0. The van der Waals surface area contributed by atoms with Gasteiger partial charge in [0.25, 0.3) is 0 Å². The van der Waals surface area contributed by atoms with Crippen LogP contribution in [0.25, 0.3) is 0 Å². The summed E-state index contributed by atoms with van der Waals surface area (Å²) >= 11 is 0. The summed E-state index contributed by atoms with van der Waals surface area (Å²) in [4.78, 5) is 86.7. The summed E-state index contributed by atoms with van der Waals surface area (Å²) in [5.74, 6) is -4.85. The van der Waals surface area contributed by atoms with Crippen molar-refractivity contribution >= 4 is 41.6 Å². The molecule has 0 heterocycles. The maximum Gasteiger partial charge on any atom is 0.408 e. The van der Waals surface area contributed by atoms with Crippen LogP contribution in [0.5, 0.6) is 0 Å². The molecule has 0 aromatic heterocycles. The zero-order valence-electron chi connectivity index (χ0n) is 42.4. The molecular formula is C47H80N6O19. The standard InChI is InChI=1S/C47H80N6O19/c1-36(2)43(45(58)51-37(3)46(59)60)53-41(55)33-49-40(54)32-50-44(57)39(52-47(61)72-34-38-10-6-5-7-11-38)12-8-9-13-48-42(56)35-71-31-30-70-29-28-69-27-26-68-25-24-67-23-22-66-21-20-65-19-18-64-17-16-63-15-14-62-4/h5-7,10-11,36-37,39,43H,8-9,12-35H2,1-4H3,(H,48,56)(H,49,54)(H,50,57)(H,51,58)(H,52,61)(H,53,55)(H,59,60)/t37-,39-,43-/m0/s1. The predicted molar refractivity (Wildman–Crippen MR) is 258 cm³/mol. The molecule has 412 valence electrons. The molecule has 0 saturated carbocycles. The van der Waals surface area contributed by atoms with Gasteiger partial charge in [-0.3, -0.25) is 28.8 Å². The highest BCUT2D eigenvalue weighted by molar-refractivity contribution is 5.93. The number of hydrogen-bond acceptors (Lipinski definition) is 18. The van der Waals surface area contributed by atoms with E-state index >= 15 is 0 Å². The third-order valence-corrected chi connectivity index (χ3v) is 9.57. The fourth-order valence-corrected chi connectivity index (χ4v) is 5.65. The van der Waals surface area contributed by atoms with E-state index in [1.54, 1.807) is 45.2 Å². The summed E-state index contributed by atoms with van der Waals surface area (Å²) in [6, 6.07) is 5.55. The Hall–Kier alpha value is -5.09. The van der Waals surface area contributed by atoms with Gasteiger partial charge in [-0.15, -0.1) is 0 Å². The number of nitrogens with one attached hydrogen (secondary N) is 6. The highest BCUT2D eigenvalue weighted by atomic mass is 16.6. The Morgan fingerprint density at radius 1 is 0.514 bits per heavy atom. The number of rotatable bonds is 47. The van der Waals surface area contributed by atoms with Crippen molar-refractivity contribution in [2.45, 2.75) is 64.8 Å². The van der Waals surface area contributed by atoms with Crippen LogP contribution in [0.2, 0.25) is 0 Å². The van der Waals surface area contributed by atoms with E-state index in [9.17, 15) is 33.6 Å². The number of hydrogen-bond donors (Lipinski definition) is 7. The van der Waals surface area contributed by atoms with Gasteiger partial charge in [0, 0.05) is 13.7 Å². The van der Waals surface area contributed by atoms with Crippen molar-refractivity contribution in [1.29, 1.82) is 0 Å². The smallest absolute Gasteiger partial charge is 0.408 e. The molecule has 1 rings (SSSR count). The van der Waals surface area contributed by atoms with Crippen molar-refractivity contribution in [3.8, 4) is 0 Å². The zero-order chi connectivity index (χ0) is 52.9. The fourth-order valence-electron chi connectivity index (χ4n) is 5.65. The third-order valence-electron chi connectivity index (χ3n) is 9.57. The van der Waals surface area contributed by atoms with Gasteiger partial charge in [0.2, 0.25) is 29.5 Å². The lowest BCUT2D eigenvalue weighted by Gasteiger charge is -2.23. The zero-order valence-corrected chi connectivity index (χ0v) is 42.4. The van der Waals surface area contributed by atoms with Crippen LogP contribution in [-0.2, 0) is 87.5 Å². The number of unbranched alkanes of at least 4 members (excludes halogenated alkanes) is 1. The normalized spacial score (nSPS) is 12.3. The lowest BCUT2D eigenvalue weighted by molar-refractivity contribution is -0.142. The van der Waals surface area contributed by atoms with E-state index in [4.69, 9.17) is 57.2 Å². The molecule has 0 unspecified atom stereocenters. The van der Waals surface area contributed by atoms with E-state index < -0.39 is 72.8 Å². The highest BCUT2D eigenvalue weighted by Gasteiger charge is 2.27. The van der Waals surface area contributed by atoms with Crippen molar-refractivity contribution in [3.63, 3.8) is 0 Å². The minimum absolute atomic E-state index is 0.0464. The molecule has 25 heteroatoms. The van der Waals surface area contributed by atoms with Crippen LogP contribution in [0.4, 0.5) is 4.79 Å². The van der Waals surface area contributed by atoms with Crippen LogP contribution in [0.15, 0.2) is 30.3 Å². The molecule has 72 heavy (non-hydrogen) atoms. The summed E-state index contributed by atoms with van der Waals surface area (Å²) in [7, 11) is 1.63. The minimum atomic E-state index is -1.25. The molecule has 0 aliphatic rings. The van der Waals surface area contributed by atoms with E-state index in [1.807, 2.05) is 6.07 Å². The molecule has 0 aliphatic carbocycles. The number of methoxy groups -OCH3 is 1. The second kappa shape index (κ2) is 44.6. The third kappa shape index (κ3) is 37.7. The first-order valence-corrected chi connectivity index (χ1v) is 24.1. The lowest BCUT2D eigenvalue weighted by Crippen LogP contribution is -2.55. The van der Waals surface area contributed by atoms with Gasteiger partial charge in [0.1, 0.15) is 31.3 Å². The number of carboxylic acids is 1. The summed E-state index contributed by atoms with van der Waals surface area (Å²) in [6.07, 6.45) is 0.0958. The van der Waals surface area contributed by atoms with Gasteiger partial charge in [0.05, 0.1) is 132 Å². The molecule has 0 bridgehead atoms. The van der Waals surface area contributed by atoms with Crippen LogP contribution in [0, 0.1) is 5.92 Å². The minimum Gasteiger partial charge on any atom is -0.480 e. The quantitative estimate of drug-likeness (QED) is 0.0398. The lowest BCUT2D eigenvalue weighted by atomic mass is 10.0. The van der Waals surface area contributed by atoms with Crippen LogP contribution in [-0.4, -0.2) is 217 Å². The molecule has 1 aromatic rings. The van der Waals surface area contributed by atoms with E-state index in [2.05, 4.69) is 31.9 Å². The van der Waals surface area contributed by atoms with E-state index in [0.717, 1.165) is 5.56 Å². The number of carbonyl (C=O) groups is 7. The average molecular weight is 1030 g/mol. The maximum atomic E-state index is 13.1. The van der Waals surface area contributed by atoms with E-state index in [0.29, 0.717) is 119 Å². The maximum absolute atomic E-state index is 13.1. The summed E-state index contributed by atoms with van der Waals surface area (Å²) in [5, 5.41) is 23.8. The van der Waals surface area contributed by atoms with Crippen LogP contribution >= 0.6 is 0 Å². The number of carbonyl (C=O) groups excluding carboxylic acids is 6. The number of alkyl carbamates (subject to hydrolysis) is 1. The van der Waals surface area contributed by atoms with E-state index in [-0.39, 0.29) is 45.3 Å². The van der Waals surface area contributed by atoms with Gasteiger partial charge in [-0.05, 0) is 37.7 Å². The Morgan fingerprint density at radius 3 is 1.46 bits per heavy atom. The van der Waals surface area contributed by atoms with Gasteiger partial charge >= 0.3 is 12.1 Å². The Kier molecular flexibility index (Phi) is 40.2. The van der Waals surface area contributed by atoms with Crippen LogP contribution in [0.3, 0.4) is 0 Å². The topological polar surface area (TPSA) is 313 Å². The second-order valence-electron chi connectivity index (χ2n) is 15.9. The van der Waals surface area contributed by atoms with Crippen molar-refractivity contribution in [2.75, 3.05) is 152 Å². The fraction of sp³-hybridized carbons (Fsp3) is 0.723. The molecule has 6 amide bonds. The summed E-state index contributed by atoms with van der Waals surface area (Å²) in [5.41, 5.74) is 0.728. The highest BCUT2D eigenvalue weighted by Crippen LogP contribution is 2.05. The Morgan fingerprint density at radius 2 is 0.986 bits per heavy atom. The molecule has 0 spiro atoms. The SMILES string of the molecule is COCCOCCOCCOCCOCCOCCOCCOCCOCCOCC(=O)NCCCC[C@H](NC(=O)OCc1ccccc1)C(=O)NCC(=O)NCC(=O)N[C@H](C(=O)N[C@@H](C)C(=O)O)C(C)C. The number of ether oxygens (including phenoxy) is 11. The van der Waals surface area contributed by atoms with Gasteiger partial charge < -0.3 is 89.1 Å². The van der Waals surface area contributed by atoms with Crippen molar-refractivity contribution in [3.05, 3.63) is 35.9 Å². The first kappa shape index (κ1) is 64.9. The molecular weight excluding hydrogens is 953 g/mol. The van der Waals surface area contributed by atoms with Crippen LogP contribution < -0.4 is 31.9 Å². The number of carboxylic acid groups (broad SMARTS) is 1. The van der Waals surface area contributed by atoms with Gasteiger partial charge in [-0.25, -0.2) is 4.79 Å². The van der Waals surface area contributed by atoms with Crippen molar-refractivity contribution < 1.29 is 90.8 Å². The first-order valence-electron chi connectivity index (χ1n) is 24.1. The molecule has 0 saturated heterocycles. The molecule has 0 fully saturated rings. The molecule has 3 atom stereocenters. The van der Waals surface area contributed by atoms with Gasteiger partial charge in [-0.1, -0.05) is 44.2 Å². The second-order valence-corrected chi connectivity index (χ2v) is 15.9. The van der Waals surface area contributed by atoms with Crippen molar-refractivity contribution in [1.82, 2.24) is 31.9 Å².